The minimum Gasteiger partial charge on any atom is -0.397 e. The molecule has 76 valence electrons. The molecule has 0 spiro atoms. The molecule has 0 unspecified atom stereocenters. The van der Waals surface area contributed by atoms with Gasteiger partial charge in [-0.15, -0.1) is 0 Å². The first-order chi connectivity index (χ1) is 7.19. The van der Waals surface area contributed by atoms with Crippen LogP contribution in [0.15, 0.2) is 18.2 Å². The van der Waals surface area contributed by atoms with Crippen molar-refractivity contribution in [3.8, 4) is 12.1 Å². The molecule has 0 bridgehead atoms. The molecular weight excluding hydrogens is 303 g/mol. The van der Waals surface area contributed by atoms with Crippen molar-refractivity contribution in [1.29, 1.82) is 10.5 Å². The highest BCUT2D eigenvalue weighted by Crippen LogP contribution is 2.24. The van der Waals surface area contributed by atoms with Gasteiger partial charge in [0.15, 0.2) is 0 Å². The first kappa shape index (κ1) is 11.6. The fraction of sp³-hybridized carbons (Fsp3) is 0.200. The number of rotatable bonds is 3. The highest BCUT2D eigenvalue weighted by molar-refractivity contribution is 14.1. The maximum atomic E-state index is 8.63. The summed E-state index contributed by atoms with van der Waals surface area (Å²) < 4.78 is 1.03. The Morgan fingerprint density at radius 2 is 1.87 bits per heavy atom. The minimum atomic E-state index is 0.165. The van der Waals surface area contributed by atoms with Gasteiger partial charge in [-0.05, 0) is 40.8 Å². The lowest BCUT2D eigenvalue weighted by Crippen LogP contribution is -2.24. The van der Waals surface area contributed by atoms with Crippen LogP contribution >= 0.6 is 22.6 Å². The molecule has 0 saturated heterocycles. The normalized spacial score (nSPS) is 9.00. The number of anilines is 2. The first-order valence-corrected chi connectivity index (χ1v) is 5.30. The molecule has 5 heteroatoms. The molecule has 0 saturated carbocycles. The van der Waals surface area contributed by atoms with Gasteiger partial charge in [-0.3, -0.25) is 0 Å². The Morgan fingerprint density at radius 1 is 1.27 bits per heavy atom. The zero-order chi connectivity index (χ0) is 11.3. The van der Waals surface area contributed by atoms with Crippen LogP contribution in [0.2, 0.25) is 0 Å². The van der Waals surface area contributed by atoms with E-state index in [0.717, 1.165) is 9.26 Å². The van der Waals surface area contributed by atoms with Crippen LogP contribution in [0.25, 0.3) is 0 Å². The predicted molar refractivity (Wildman–Crippen MR) is 67.0 cm³/mol. The third kappa shape index (κ3) is 3.00. The first-order valence-electron chi connectivity index (χ1n) is 4.23. The Morgan fingerprint density at radius 3 is 2.33 bits per heavy atom. The van der Waals surface area contributed by atoms with E-state index < -0.39 is 0 Å². The molecule has 0 amide bonds. The van der Waals surface area contributed by atoms with E-state index in [2.05, 4.69) is 22.6 Å². The van der Waals surface area contributed by atoms with E-state index in [9.17, 15) is 0 Å². The average Bonchev–Trinajstić information content (AvgIpc) is 2.17. The summed E-state index contributed by atoms with van der Waals surface area (Å²) in [7, 11) is 0. The molecule has 1 rings (SSSR count). The summed E-state index contributed by atoms with van der Waals surface area (Å²) in [6.07, 6.45) is 0. The SMILES string of the molecule is N#CCN(CC#N)c1ccc(I)cc1N. The lowest BCUT2D eigenvalue weighted by molar-refractivity contribution is 0.968. The van der Waals surface area contributed by atoms with Crippen LogP contribution < -0.4 is 10.6 Å². The van der Waals surface area contributed by atoms with E-state index >= 15 is 0 Å². The van der Waals surface area contributed by atoms with Gasteiger partial charge >= 0.3 is 0 Å². The third-order valence-corrected chi connectivity index (χ3v) is 2.52. The van der Waals surface area contributed by atoms with E-state index in [4.69, 9.17) is 16.3 Å². The smallest absolute Gasteiger partial charge is 0.107 e. The number of halogens is 1. The zero-order valence-corrected chi connectivity index (χ0v) is 10.1. The van der Waals surface area contributed by atoms with Gasteiger partial charge in [-0.2, -0.15) is 10.5 Å². The molecule has 0 radical (unpaired) electrons. The lowest BCUT2D eigenvalue weighted by atomic mass is 10.2. The van der Waals surface area contributed by atoms with Crippen LogP contribution in [-0.4, -0.2) is 13.1 Å². The quantitative estimate of drug-likeness (QED) is 0.524. The molecule has 0 heterocycles. The fourth-order valence-electron chi connectivity index (χ4n) is 1.21. The summed E-state index contributed by atoms with van der Waals surface area (Å²) in [5, 5.41) is 17.3. The monoisotopic (exact) mass is 312 g/mol. The summed E-state index contributed by atoms with van der Waals surface area (Å²) >= 11 is 2.16. The minimum absolute atomic E-state index is 0.165. The van der Waals surface area contributed by atoms with Crippen LogP contribution in [-0.2, 0) is 0 Å². The average molecular weight is 312 g/mol. The molecule has 0 atom stereocenters. The molecule has 0 aliphatic carbocycles. The molecule has 15 heavy (non-hydrogen) atoms. The fourth-order valence-corrected chi connectivity index (χ4v) is 1.73. The maximum Gasteiger partial charge on any atom is 0.107 e. The van der Waals surface area contributed by atoms with Crippen molar-refractivity contribution in [2.24, 2.45) is 0 Å². The highest BCUT2D eigenvalue weighted by Gasteiger charge is 2.08. The molecular formula is C10H9IN4. The number of benzene rings is 1. The van der Waals surface area contributed by atoms with Gasteiger partial charge in [0.05, 0.1) is 23.5 Å². The van der Waals surface area contributed by atoms with Gasteiger partial charge in [-0.25, -0.2) is 0 Å². The molecule has 2 N–H and O–H groups in total. The number of hydrogen-bond acceptors (Lipinski definition) is 4. The van der Waals surface area contributed by atoms with Crippen molar-refractivity contribution in [3.05, 3.63) is 21.8 Å². The second kappa shape index (κ2) is 5.42. The van der Waals surface area contributed by atoms with Crippen LogP contribution in [0.3, 0.4) is 0 Å². The molecule has 1 aromatic carbocycles. The Kier molecular flexibility index (Phi) is 4.19. The predicted octanol–water partition coefficient (Wildman–Crippen LogP) is 1.73. The topological polar surface area (TPSA) is 76.8 Å². The largest absolute Gasteiger partial charge is 0.397 e. The van der Waals surface area contributed by atoms with Crippen LogP contribution in [0.5, 0.6) is 0 Å². The summed E-state index contributed by atoms with van der Waals surface area (Å²) in [6.45, 7) is 0.330. The Bertz CT molecular complexity index is 414. The van der Waals surface area contributed by atoms with Crippen molar-refractivity contribution in [2.75, 3.05) is 23.7 Å². The van der Waals surface area contributed by atoms with E-state index in [1.165, 1.54) is 0 Å². The van der Waals surface area contributed by atoms with Crippen molar-refractivity contribution >= 4 is 34.0 Å². The molecule has 0 aliphatic rings. The standard InChI is InChI=1S/C10H9IN4/c11-8-1-2-10(9(14)7-8)15(5-3-12)6-4-13/h1-2,7H,5-6,14H2. The summed E-state index contributed by atoms with van der Waals surface area (Å²) in [5.41, 5.74) is 7.14. The van der Waals surface area contributed by atoms with Crippen LogP contribution in [0, 0.1) is 26.2 Å². The number of nitrogens with two attached hydrogens (primary N) is 1. The molecule has 0 fully saturated rings. The van der Waals surface area contributed by atoms with E-state index in [0.29, 0.717) is 5.69 Å². The van der Waals surface area contributed by atoms with E-state index in [1.54, 1.807) is 4.90 Å². The van der Waals surface area contributed by atoms with Crippen molar-refractivity contribution in [1.82, 2.24) is 0 Å². The highest BCUT2D eigenvalue weighted by atomic mass is 127. The second-order valence-electron chi connectivity index (χ2n) is 2.88. The summed E-state index contributed by atoms with van der Waals surface area (Å²) in [4.78, 5) is 1.64. The van der Waals surface area contributed by atoms with Crippen LogP contribution in [0.4, 0.5) is 11.4 Å². The number of nitriles is 2. The molecule has 4 nitrogen and oxygen atoms in total. The van der Waals surface area contributed by atoms with Gasteiger partial charge in [0.2, 0.25) is 0 Å². The zero-order valence-electron chi connectivity index (χ0n) is 7.94. The van der Waals surface area contributed by atoms with Gasteiger partial charge in [0, 0.05) is 3.57 Å². The van der Waals surface area contributed by atoms with Crippen molar-refractivity contribution < 1.29 is 0 Å². The van der Waals surface area contributed by atoms with Gasteiger partial charge in [0.1, 0.15) is 13.1 Å². The number of nitrogen functional groups attached to an aromatic ring is 1. The second-order valence-corrected chi connectivity index (χ2v) is 4.12. The lowest BCUT2D eigenvalue weighted by Gasteiger charge is -2.19. The number of nitrogens with zero attached hydrogens (tertiary/aromatic N) is 3. The molecule has 0 aromatic heterocycles. The van der Waals surface area contributed by atoms with Crippen LogP contribution in [0.1, 0.15) is 0 Å². The van der Waals surface area contributed by atoms with Crippen molar-refractivity contribution in [2.45, 2.75) is 0 Å². The maximum absolute atomic E-state index is 8.63. The van der Waals surface area contributed by atoms with Gasteiger partial charge < -0.3 is 10.6 Å². The Labute approximate surface area is 102 Å². The van der Waals surface area contributed by atoms with Gasteiger partial charge in [0.25, 0.3) is 0 Å². The number of hydrogen-bond donors (Lipinski definition) is 1. The van der Waals surface area contributed by atoms with Gasteiger partial charge in [-0.1, -0.05) is 0 Å². The Balaban J connectivity index is 3.02. The van der Waals surface area contributed by atoms with E-state index in [1.807, 2.05) is 30.3 Å². The van der Waals surface area contributed by atoms with Crippen molar-refractivity contribution in [3.63, 3.8) is 0 Å². The Hall–Kier alpha value is -1.47. The molecule has 1 aromatic rings. The third-order valence-electron chi connectivity index (χ3n) is 1.85. The molecule has 0 aliphatic heterocycles. The summed E-state index contributed by atoms with van der Waals surface area (Å²) in [6, 6.07) is 9.56. The summed E-state index contributed by atoms with van der Waals surface area (Å²) in [5.74, 6) is 0. The van der Waals surface area contributed by atoms with E-state index in [-0.39, 0.29) is 13.1 Å².